The van der Waals surface area contributed by atoms with Crippen LogP contribution in [-0.4, -0.2) is 90.1 Å². The molecule has 0 aliphatic carbocycles. The Morgan fingerprint density at radius 2 is 2.03 bits per heavy atom. The van der Waals surface area contributed by atoms with Crippen molar-refractivity contribution in [3.05, 3.63) is 0 Å². The molecule has 29 heavy (non-hydrogen) atoms. The maximum atomic E-state index is 12.8. The molecule has 0 radical (unpaired) electrons. The summed E-state index contributed by atoms with van der Waals surface area (Å²) in [6.45, 7) is 10.4. The molecule has 0 aromatic carbocycles. The average molecular weight is 446 g/mol. The molecule has 2 aliphatic heterocycles. The van der Waals surface area contributed by atoms with Gasteiger partial charge < -0.3 is 14.5 Å². The summed E-state index contributed by atoms with van der Waals surface area (Å²) in [5.41, 5.74) is 0. The number of aromatic nitrogens is 3. The first-order chi connectivity index (χ1) is 13.8. The Bertz CT molecular complexity index is 805. The maximum absolute atomic E-state index is 12.8. The molecule has 3 rings (SSSR count). The molecular formula is C18H31N5O4S2. The second-order valence-corrected chi connectivity index (χ2v) is 11.1. The Morgan fingerprint density at radius 3 is 2.62 bits per heavy atom. The van der Waals surface area contributed by atoms with Crippen LogP contribution < -0.4 is 4.90 Å². The fourth-order valence-corrected chi connectivity index (χ4v) is 6.34. The van der Waals surface area contributed by atoms with Gasteiger partial charge in [-0.1, -0.05) is 25.6 Å². The van der Waals surface area contributed by atoms with Gasteiger partial charge in [0.2, 0.25) is 11.9 Å². The molecular weight excluding hydrogens is 414 g/mol. The summed E-state index contributed by atoms with van der Waals surface area (Å²) in [4.78, 5) is 16.7. The van der Waals surface area contributed by atoms with Gasteiger partial charge in [0, 0.05) is 32.2 Å². The van der Waals surface area contributed by atoms with Gasteiger partial charge >= 0.3 is 0 Å². The lowest BCUT2D eigenvalue weighted by molar-refractivity contribution is -0.129. The van der Waals surface area contributed by atoms with E-state index in [9.17, 15) is 13.2 Å². The summed E-state index contributed by atoms with van der Waals surface area (Å²) in [7, 11) is -3.02. The highest BCUT2D eigenvalue weighted by molar-refractivity contribution is 7.99. The summed E-state index contributed by atoms with van der Waals surface area (Å²) >= 11 is 1.38. The Morgan fingerprint density at radius 1 is 1.31 bits per heavy atom. The number of nitrogens with zero attached hydrogens (tertiary/aromatic N) is 5. The van der Waals surface area contributed by atoms with Crippen molar-refractivity contribution in [1.82, 2.24) is 19.7 Å². The van der Waals surface area contributed by atoms with Gasteiger partial charge in [0.1, 0.15) is 0 Å². The van der Waals surface area contributed by atoms with Crippen molar-refractivity contribution in [2.75, 3.05) is 55.0 Å². The maximum Gasteiger partial charge on any atom is 0.233 e. The minimum Gasteiger partial charge on any atom is -0.378 e. The van der Waals surface area contributed by atoms with Crippen LogP contribution in [0.4, 0.5) is 5.95 Å². The minimum atomic E-state index is -3.02. The van der Waals surface area contributed by atoms with E-state index in [4.69, 9.17) is 4.74 Å². The molecule has 9 nitrogen and oxygen atoms in total. The van der Waals surface area contributed by atoms with Crippen molar-refractivity contribution in [1.29, 1.82) is 0 Å². The number of carbonyl (C=O) groups is 1. The largest absolute Gasteiger partial charge is 0.378 e. The van der Waals surface area contributed by atoms with E-state index in [1.54, 1.807) is 4.90 Å². The highest BCUT2D eigenvalue weighted by Gasteiger charge is 2.34. The SMILES string of the molecule is CCN(C(=O)CSc1nnc(N2CCOCC2)n1CC(C)C)C1CCS(=O)(=O)C1. The molecule has 1 atom stereocenters. The second-order valence-electron chi connectivity index (χ2n) is 7.91. The highest BCUT2D eigenvalue weighted by Crippen LogP contribution is 2.25. The van der Waals surface area contributed by atoms with Crippen LogP contribution in [0, 0.1) is 5.92 Å². The lowest BCUT2D eigenvalue weighted by atomic mass is 10.2. The van der Waals surface area contributed by atoms with Gasteiger partial charge in [0.15, 0.2) is 15.0 Å². The van der Waals surface area contributed by atoms with E-state index in [1.165, 1.54) is 11.8 Å². The van der Waals surface area contributed by atoms with Crippen LogP contribution in [0.1, 0.15) is 27.2 Å². The van der Waals surface area contributed by atoms with Crippen LogP contribution in [0.3, 0.4) is 0 Å². The molecule has 0 bridgehead atoms. The molecule has 2 fully saturated rings. The molecule has 0 spiro atoms. The Kier molecular flexibility index (Phi) is 7.44. The smallest absolute Gasteiger partial charge is 0.233 e. The third-order valence-corrected chi connectivity index (χ3v) is 7.88. The van der Waals surface area contributed by atoms with E-state index in [0.29, 0.717) is 32.1 Å². The molecule has 2 aliphatic rings. The lowest BCUT2D eigenvalue weighted by Gasteiger charge is -2.28. The van der Waals surface area contributed by atoms with Crippen LogP contribution in [-0.2, 0) is 25.9 Å². The van der Waals surface area contributed by atoms with Crippen molar-refractivity contribution in [3.8, 4) is 0 Å². The van der Waals surface area contributed by atoms with Gasteiger partial charge in [-0.3, -0.25) is 9.36 Å². The fraction of sp³-hybridized carbons (Fsp3) is 0.833. The number of morpholine rings is 1. The Hall–Kier alpha value is -1.33. The molecule has 0 saturated carbocycles. The molecule has 1 aromatic heterocycles. The molecule has 1 aromatic rings. The number of hydrogen-bond acceptors (Lipinski definition) is 8. The molecule has 11 heteroatoms. The third kappa shape index (κ3) is 5.64. The molecule has 3 heterocycles. The number of hydrogen-bond donors (Lipinski definition) is 0. The zero-order valence-electron chi connectivity index (χ0n) is 17.4. The third-order valence-electron chi connectivity index (χ3n) is 5.17. The predicted molar refractivity (Wildman–Crippen MR) is 113 cm³/mol. The first-order valence-corrected chi connectivity index (χ1v) is 13.0. The topological polar surface area (TPSA) is 97.6 Å². The second kappa shape index (κ2) is 9.65. The van der Waals surface area contributed by atoms with Crippen molar-refractivity contribution in [2.24, 2.45) is 5.92 Å². The van der Waals surface area contributed by atoms with Gasteiger partial charge in [0.05, 0.1) is 30.5 Å². The number of carbonyl (C=O) groups excluding carboxylic acids is 1. The van der Waals surface area contributed by atoms with Crippen molar-refractivity contribution >= 4 is 33.5 Å². The van der Waals surface area contributed by atoms with E-state index in [2.05, 4.69) is 33.5 Å². The number of amides is 1. The zero-order chi connectivity index (χ0) is 21.0. The van der Waals surface area contributed by atoms with E-state index in [1.807, 2.05) is 6.92 Å². The fourth-order valence-electron chi connectivity index (χ4n) is 3.78. The monoisotopic (exact) mass is 445 g/mol. The first-order valence-electron chi connectivity index (χ1n) is 10.2. The summed E-state index contributed by atoms with van der Waals surface area (Å²) in [5, 5.41) is 9.47. The Labute approximate surface area is 177 Å². The molecule has 1 amide bonds. The van der Waals surface area contributed by atoms with Gasteiger partial charge in [-0.25, -0.2) is 8.42 Å². The van der Waals surface area contributed by atoms with Gasteiger partial charge in [-0.2, -0.15) is 0 Å². The highest BCUT2D eigenvalue weighted by atomic mass is 32.2. The normalized spacial score (nSPS) is 21.7. The van der Waals surface area contributed by atoms with Crippen LogP contribution in [0.5, 0.6) is 0 Å². The number of sulfone groups is 1. The van der Waals surface area contributed by atoms with Crippen LogP contribution in [0.2, 0.25) is 0 Å². The molecule has 1 unspecified atom stereocenters. The predicted octanol–water partition coefficient (Wildman–Crippen LogP) is 0.898. The van der Waals surface area contributed by atoms with Crippen LogP contribution in [0.15, 0.2) is 5.16 Å². The van der Waals surface area contributed by atoms with Crippen LogP contribution in [0.25, 0.3) is 0 Å². The van der Waals surface area contributed by atoms with Crippen molar-refractivity contribution < 1.29 is 17.9 Å². The summed E-state index contributed by atoms with van der Waals surface area (Å²) in [6.07, 6.45) is 0.525. The molecule has 0 N–H and O–H groups in total. The van der Waals surface area contributed by atoms with E-state index in [-0.39, 0.29) is 29.2 Å². The van der Waals surface area contributed by atoms with Crippen LogP contribution >= 0.6 is 11.8 Å². The average Bonchev–Trinajstić information content (AvgIpc) is 3.23. The van der Waals surface area contributed by atoms with Gasteiger partial charge in [-0.05, 0) is 19.3 Å². The van der Waals surface area contributed by atoms with E-state index >= 15 is 0 Å². The quantitative estimate of drug-likeness (QED) is 0.545. The number of anilines is 1. The number of ether oxygens (including phenoxy) is 1. The van der Waals surface area contributed by atoms with Crippen molar-refractivity contribution in [3.63, 3.8) is 0 Å². The number of rotatable bonds is 8. The zero-order valence-corrected chi connectivity index (χ0v) is 19.0. The lowest BCUT2D eigenvalue weighted by Crippen LogP contribution is -2.42. The first kappa shape index (κ1) is 22.4. The molecule has 2 saturated heterocycles. The van der Waals surface area contributed by atoms with Gasteiger partial charge in [0.25, 0.3) is 0 Å². The standard InChI is InChI=1S/C18H31N5O4S2/c1-4-22(15-5-10-29(25,26)13-15)16(24)12-28-18-20-19-17(23(18)11-14(2)3)21-6-8-27-9-7-21/h14-15H,4-13H2,1-3H3. The van der Waals surface area contributed by atoms with Crippen molar-refractivity contribution in [2.45, 2.75) is 44.9 Å². The van der Waals surface area contributed by atoms with E-state index < -0.39 is 9.84 Å². The van der Waals surface area contributed by atoms with E-state index in [0.717, 1.165) is 30.7 Å². The summed E-state index contributed by atoms with van der Waals surface area (Å²) in [6, 6.07) is -0.212. The minimum absolute atomic E-state index is 0.0494. The Balaban J connectivity index is 1.68. The number of thioether (sulfide) groups is 1. The summed E-state index contributed by atoms with van der Waals surface area (Å²) in [5.74, 6) is 1.65. The summed E-state index contributed by atoms with van der Waals surface area (Å²) < 4.78 is 31.1. The molecule has 164 valence electrons. The van der Waals surface area contributed by atoms with Gasteiger partial charge in [-0.15, -0.1) is 10.2 Å².